The van der Waals surface area contributed by atoms with Crippen molar-refractivity contribution in [1.29, 1.82) is 0 Å². The van der Waals surface area contributed by atoms with Crippen LogP contribution in [0.25, 0.3) is 0 Å². The molecule has 19 heavy (non-hydrogen) atoms. The molecule has 1 aromatic rings. The normalized spacial score (nSPS) is 14.8. The fourth-order valence-corrected chi connectivity index (χ4v) is 2.09. The number of hydrogen-bond acceptors (Lipinski definition) is 3. The molecule has 3 nitrogen and oxygen atoms in total. The minimum Gasteiger partial charge on any atom is -0.490 e. The molecule has 1 N–H and O–H groups in total. The molecule has 0 spiro atoms. The van der Waals surface area contributed by atoms with Crippen LogP contribution in [0, 0.1) is 0 Å². The SMILES string of the molecule is CCOc1cc(CNC2CC2)c(Cl)cc1OC(C)C. The van der Waals surface area contributed by atoms with E-state index in [4.69, 9.17) is 21.1 Å². The summed E-state index contributed by atoms with van der Waals surface area (Å²) in [5.41, 5.74) is 1.06. The third kappa shape index (κ3) is 4.29. The minimum absolute atomic E-state index is 0.103. The highest BCUT2D eigenvalue weighted by Crippen LogP contribution is 2.34. The van der Waals surface area contributed by atoms with E-state index in [1.54, 1.807) is 0 Å². The van der Waals surface area contributed by atoms with E-state index in [1.807, 2.05) is 32.9 Å². The highest BCUT2D eigenvalue weighted by atomic mass is 35.5. The van der Waals surface area contributed by atoms with E-state index in [1.165, 1.54) is 12.8 Å². The average Bonchev–Trinajstić information content (AvgIpc) is 3.14. The first-order valence-electron chi connectivity index (χ1n) is 6.95. The smallest absolute Gasteiger partial charge is 0.163 e. The van der Waals surface area contributed by atoms with Gasteiger partial charge in [0.2, 0.25) is 0 Å². The molecule has 2 rings (SSSR count). The van der Waals surface area contributed by atoms with Crippen LogP contribution >= 0.6 is 11.6 Å². The molecular formula is C15H22ClNO2. The summed E-state index contributed by atoms with van der Waals surface area (Å²) in [6, 6.07) is 4.51. The molecule has 1 aliphatic rings. The van der Waals surface area contributed by atoms with Crippen molar-refractivity contribution in [2.24, 2.45) is 0 Å². The molecule has 1 fully saturated rings. The molecule has 106 valence electrons. The van der Waals surface area contributed by atoms with E-state index >= 15 is 0 Å². The van der Waals surface area contributed by atoms with Crippen molar-refractivity contribution in [2.45, 2.75) is 52.3 Å². The summed E-state index contributed by atoms with van der Waals surface area (Å²) < 4.78 is 11.4. The van der Waals surface area contributed by atoms with E-state index in [0.717, 1.165) is 28.6 Å². The van der Waals surface area contributed by atoms with Gasteiger partial charge >= 0.3 is 0 Å². The molecule has 0 radical (unpaired) electrons. The largest absolute Gasteiger partial charge is 0.490 e. The van der Waals surface area contributed by atoms with Gasteiger partial charge in [0, 0.05) is 23.7 Å². The summed E-state index contributed by atoms with van der Waals surface area (Å²) in [6.07, 6.45) is 2.64. The molecule has 1 aromatic carbocycles. The van der Waals surface area contributed by atoms with Crippen molar-refractivity contribution in [3.05, 3.63) is 22.7 Å². The Kier molecular flexibility index (Phi) is 4.94. The lowest BCUT2D eigenvalue weighted by molar-refractivity contribution is 0.223. The van der Waals surface area contributed by atoms with Crippen molar-refractivity contribution in [3.63, 3.8) is 0 Å². The topological polar surface area (TPSA) is 30.5 Å². The van der Waals surface area contributed by atoms with Gasteiger partial charge in [0.15, 0.2) is 11.5 Å². The Labute approximate surface area is 120 Å². The van der Waals surface area contributed by atoms with Crippen LogP contribution in [-0.2, 0) is 6.54 Å². The number of rotatable bonds is 7. The van der Waals surface area contributed by atoms with Crippen molar-refractivity contribution >= 4 is 11.6 Å². The summed E-state index contributed by atoms with van der Waals surface area (Å²) in [5, 5.41) is 4.19. The van der Waals surface area contributed by atoms with Gasteiger partial charge in [0.25, 0.3) is 0 Å². The maximum Gasteiger partial charge on any atom is 0.163 e. The van der Waals surface area contributed by atoms with Crippen LogP contribution in [0.5, 0.6) is 11.5 Å². The van der Waals surface area contributed by atoms with Crippen LogP contribution in [0.15, 0.2) is 12.1 Å². The standard InChI is InChI=1S/C15H22ClNO2/c1-4-18-14-7-11(9-17-12-5-6-12)13(16)8-15(14)19-10(2)3/h7-8,10,12,17H,4-6,9H2,1-3H3. The quantitative estimate of drug-likeness (QED) is 0.826. The zero-order valence-corrected chi connectivity index (χ0v) is 12.6. The van der Waals surface area contributed by atoms with Crippen molar-refractivity contribution in [1.82, 2.24) is 5.32 Å². The summed E-state index contributed by atoms with van der Waals surface area (Å²) in [4.78, 5) is 0. The van der Waals surface area contributed by atoms with Crippen LogP contribution < -0.4 is 14.8 Å². The molecule has 0 aromatic heterocycles. The lowest BCUT2D eigenvalue weighted by atomic mass is 10.2. The third-order valence-corrected chi connectivity index (χ3v) is 3.29. The maximum absolute atomic E-state index is 6.31. The van der Waals surface area contributed by atoms with Gasteiger partial charge in [0.05, 0.1) is 12.7 Å². The van der Waals surface area contributed by atoms with Gasteiger partial charge < -0.3 is 14.8 Å². The molecule has 1 aliphatic carbocycles. The summed E-state index contributed by atoms with van der Waals surface area (Å²) in [5.74, 6) is 1.49. The summed E-state index contributed by atoms with van der Waals surface area (Å²) in [6.45, 7) is 7.35. The third-order valence-electron chi connectivity index (χ3n) is 2.93. The van der Waals surface area contributed by atoms with E-state index in [2.05, 4.69) is 5.32 Å². The average molecular weight is 284 g/mol. The second kappa shape index (κ2) is 6.49. The van der Waals surface area contributed by atoms with E-state index in [-0.39, 0.29) is 6.10 Å². The van der Waals surface area contributed by atoms with Gasteiger partial charge in [-0.15, -0.1) is 0 Å². The molecule has 0 unspecified atom stereocenters. The van der Waals surface area contributed by atoms with E-state index in [0.29, 0.717) is 12.6 Å². The highest BCUT2D eigenvalue weighted by Gasteiger charge is 2.21. The van der Waals surface area contributed by atoms with Gasteiger partial charge in [-0.1, -0.05) is 11.6 Å². The van der Waals surface area contributed by atoms with Crippen LogP contribution in [0.2, 0.25) is 5.02 Å². The monoisotopic (exact) mass is 283 g/mol. The summed E-state index contributed by atoms with van der Waals surface area (Å²) in [7, 11) is 0. The zero-order valence-electron chi connectivity index (χ0n) is 11.8. The molecule has 0 amide bonds. The first-order chi connectivity index (χ1) is 9.10. The second-order valence-corrected chi connectivity index (χ2v) is 5.55. The van der Waals surface area contributed by atoms with Crippen LogP contribution in [0.1, 0.15) is 39.2 Å². The Hall–Kier alpha value is -0.930. The fourth-order valence-electron chi connectivity index (χ4n) is 1.87. The van der Waals surface area contributed by atoms with E-state index < -0.39 is 0 Å². The Morgan fingerprint density at radius 1 is 1.32 bits per heavy atom. The Balaban J connectivity index is 2.16. The number of ether oxygens (including phenoxy) is 2. The van der Waals surface area contributed by atoms with Gasteiger partial charge in [0.1, 0.15) is 0 Å². The second-order valence-electron chi connectivity index (χ2n) is 5.15. The zero-order chi connectivity index (χ0) is 13.8. The number of hydrogen-bond donors (Lipinski definition) is 1. The molecular weight excluding hydrogens is 262 g/mol. The van der Waals surface area contributed by atoms with Crippen molar-refractivity contribution < 1.29 is 9.47 Å². The van der Waals surface area contributed by atoms with Gasteiger partial charge in [-0.05, 0) is 45.2 Å². The molecule has 0 bridgehead atoms. The van der Waals surface area contributed by atoms with Crippen LogP contribution in [0.4, 0.5) is 0 Å². The first kappa shape index (κ1) is 14.5. The van der Waals surface area contributed by atoms with Crippen LogP contribution in [-0.4, -0.2) is 18.8 Å². The fraction of sp³-hybridized carbons (Fsp3) is 0.600. The van der Waals surface area contributed by atoms with Crippen molar-refractivity contribution in [3.8, 4) is 11.5 Å². The highest BCUT2D eigenvalue weighted by molar-refractivity contribution is 6.31. The van der Waals surface area contributed by atoms with Crippen LogP contribution in [0.3, 0.4) is 0 Å². The molecule has 0 aliphatic heterocycles. The number of halogens is 1. The molecule has 4 heteroatoms. The number of benzene rings is 1. The lowest BCUT2D eigenvalue weighted by Crippen LogP contribution is -2.16. The van der Waals surface area contributed by atoms with Gasteiger partial charge in [-0.25, -0.2) is 0 Å². The Bertz CT molecular complexity index is 430. The maximum atomic E-state index is 6.31. The minimum atomic E-state index is 0.103. The van der Waals surface area contributed by atoms with Crippen molar-refractivity contribution in [2.75, 3.05) is 6.61 Å². The molecule has 0 heterocycles. The summed E-state index contributed by atoms with van der Waals surface area (Å²) >= 11 is 6.31. The predicted octanol–water partition coefficient (Wildman–Crippen LogP) is 3.78. The van der Waals surface area contributed by atoms with Gasteiger partial charge in [-0.2, -0.15) is 0 Å². The molecule has 0 atom stereocenters. The molecule has 0 saturated heterocycles. The van der Waals surface area contributed by atoms with Gasteiger partial charge in [-0.3, -0.25) is 0 Å². The molecule has 1 saturated carbocycles. The lowest BCUT2D eigenvalue weighted by Gasteiger charge is -2.17. The Morgan fingerprint density at radius 3 is 2.63 bits per heavy atom. The predicted molar refractivity (Wildman–Crippen MR) is 78.2 cm³/mol. The number of nitrogens with one attached hydrogen (secondary N) is 1. The first-order valence-corrected chi connectivity index (χ1v) is 7.33. The van der Waals surface area contributed by atoms with E-state index in [9.17, 15) is 0 Å². The Morgan fingerprint density at radius 2 is 2.05 bits per heavy atom.